The molecule has 20 heavy (non-hydrogen) atoms. The maximum absolute atomic E-state index is 11.6. The Morgan fingerprint density at radius 1 is 1.05 bits per heavy atom. The van der Waals surface area contributed by atoms with E-state index in [0.29, 0.717) is 5.56 Å². The molecule has 0 spiro atoms. The Labute approximate surface area is 116 Å². The number of nitrogens with zero attached hydrogens (tertiary/aromatic N) is 2. The van der Waals surface area contributed by atoms with E-state index in [0.717, 1.165) is 22.2 Å². The van der Waals surface area contributed by atoms with Crippen LogP contribution < -0.4 is 0 Å². The Kier molecular flexibility index (Phi) is 3.13. The summed E-state index contributed by atoms with van der Waals surface area (Å²) in [6.45, 7) is 0. The number of carbonyl (C=O) groups is 1. The highest BCUT2D eigenvalue weighted by Crippen LogP contribution is 2.26. The monoisotopic (exact) mass is 264 g/mol. The Bertz CT molecular complexity index is 779. The van der Waals surface area contributed by atoms with Gasteiger partial charge in [0, 0.05) is 18.0 Å². The Morgan fingerprint density at radius 2 is 1.85 bits per heavy atom. The van der Waals surface area contributed by atoms with Crippen LogP contribution in [0.15, 0.2) is 54.9 Å². The van der Waals surface area contributed by atoms with Crippen LogP contribution in [0, 0.1) is 0 Å². The smallest absolute Gasteiger partial charge is 0.337 e. The van der Waals surface area contributed by atoms with Crippen LogP contribution >= 0.6 is 0 Å². The van der Waals surface area contributed by atoms with Gasteiger partial charge >= 0.3 is 5.97 Å². The zero-order valence-electron chi connectivity index (χ0n) is 10.9. The van der Waals surface area contributed by atoms with Crippen LogP contribution in [0.5, 0.6) is 0 Å². The molecule has 4 nitrogen and oxygen atoms in total. The molecule has 0 saturated heterocycles. The molecule has 1 aromatic heterocycles. The van der Waals surface area contributed by atoms with Gasteiger partial charge in [0.25, 0.3) is 0 Å². The highest BCUT2D eigenvalue weighted by Gasteiger charge is 2.09. The molecular formula is C16H12N2O2. The maximum Gasteiger partial charge on any atom is 0.337 e. The Hall–Kier alpha value is -2.75. The van der Waals surface area contributed by atoms with Crippen LogP contribution in [-0.2, 0) is 4.74 Å². The number of methoxy groups -OCH3 is 1. The summed E-state index contributed by atoms with van der Waals surface area (Å²) in [5.74, 6) is -0.349. The zero-order valence-corrected chi connectivity index (χ0v) is 10.9. The van der Waals surface area contributed by atoms with E-state index >= 15 is 0 Å². The quantitative estimate of drug-likeness (QED) is 0.667. The minimum Gasteiger partial charge on any atom is -0.465 e. The molecule has 0 atom stereocenters. The number of benzene rings is 2. The van der Waals surface area contributed by atoms with Crippen LogP contribution in [0.2, 0.25) is 0 Å². The predicted octanol–water partition coefficient (Wildman–Crippen LogP) is 3.08. The molecule has 0 N–H and O–H groups in total. The van der Waals surface area contributed by atoms with Gasteiger partial charge in [0.1, 0.15) is 0 Å². The molecule has 1 heterocycles. The summed E-state index contributed by atoms with van der Waals surface area (Å²) in [6, 6.07) is 13.1. The van der Waals surface area contributed by atoms with E-state index in [1.807, 2.05) is 30.3 Å². The van der Waals surface area contributed by atoms with E-state index < -0.39 is 0 Å². The van der Waals surface area contributed by atoms with Crippen molar-refractivity contribution in [2.75, 3.05) is 7.11 Å². The number of carbonyl (C=O) groups excluding carboxylic acids is 1. The minimum atomic E-state index is -0.349. The molecule has 0 fully saturated rings. The molecule has 2 aromatic carbocycles. The fraction of sp³-hybridized carbons (Fsp3) is 0.0625. The standard InChI is InChI=1S/C16H12N2O2/c1-20-16(19)12-5-2-4-11(10-12)13-6-3-7-14-15(13)18-9-8-17-14/h2-10H,1H3. The first-order valence-corrected chi connectivity index (χ1v) is 6.18. The number of para-hydroxylation sites is 1. The van der Waals surface area contributed by atoms with Gasteiger partial charge in [0.05, 0.1) is 23.7 Å². The molecule has 0 radical (unpaired) electrons. The zero-order chi connectivity index (χ0) is 13.9. The second kappa shape index (κ2) is 5.09. The van der Waals surface area contributed by atoms with Gasteiger partial charge in [0.2, 0.25) is 0 Å². The predicted molar refractivity (Wildman–Crippen MR) is 76.3 cm³/mol. The van der Waals surface area contributed by atoms with Crippen LogP contribution in [0.4, 0.5) is 0 Å². The van der Waals surface area contributed by atoms with Crippen molar-refractivity contribution in [2.45, 2.75) is 0 Å². The number of hydrogen-bond acceptors (Lipinski definition) is 4. The van der Waals surface area contributed by atoms with Crippen molar-refractivity contribution in [3.63, 3.8) is 0 Å². The first-order chi connectivity index (χ1) is 9.79. The maximum atomic E-state index is 11.6. The van der Waals surface area contributed by atoms with Crippen molar-refractivity contribution in [1.82, 2.24) is 9.97 Å². The van der Waals surface area contributed by atoms with Crippen LogP contribution in [-0.4, -0.2) is 23.0 Å². The van der Waals surface area contributed by atoms with Crippen LogP contribution in [0.25, 0.3) is 22.2 Å². The molecule has 0 bridgehead atoms. The van der Waals surface area contributed by atoms with Gasteiger partial charge < -0.3 is 4.74 Å². The number of fused-ring (bicyclic) bond motifs is 1. The topological polar surface area (TPSA) is 52.1 Å². The lowest BCUT2D eigenvalue weighted by Crippen LogP contribution is -2.00. The van der Waals surface area contributed by atoms with Gasteiger partial charge in [-0.25, -0.2) is 4.79 Å². The highest BCUT2D eigenvalue weighted by molar-refractivity contribution is 5.95. The molecular weight excluding hydrogens is 252 g/mol. The number of aromatic nitrogens is 2. The third-order valence-electron chi connectivity index (χ3n) is 3.09. The van der Waals surface area contributed by atoms with Gasteiger partial charge in [-0.1, -0.05) is 24.3 Å². The van der Waals surface area contributed by atoms with Crippen molar-refractivity contribution in [3.8, 4) is 11.1 Å². The Balaban J connectivity index is 2.18. The van der Waals surface area contributed by atoms with Crippen molar-refractivity contribution in [3.05, 3.63) is 60.4 Å². The average molecular weight is 264 g/mol. The summed E-state index contributed by atoms with van der Waals surface area (Å²) in [5, 5.41) is 0. The minimum absolute atomic E-state index is 0.349. The first-order valence-electron chi connectivity index (χ1n) is 6.18. The fourth-order valence-corrected chi connectivity index (χ4v) is 2.16. The molecule has 98 valence electrons. The van der Waals surface area contributed by atoms with E-state index in [2.05, 4.69) is 9.97 Å². The number of ether oxygens (including phenoxy) is 1. The number of rotatable bonds is 2. The van der Waals surface area contributed by atoms with Gasteiger partial charge in [-0.15, -0.1) is 0 Å². The summed E-state index contributed by atoms with van der Waals surface area (Å²) in [6.07, 6.45) is 3.33. The molecule has 3 aromatic rings. The lowest BCUT2D eigenvalue weighted by molar-refractivity contribution is 0.0601. The lowest BCUT2D eigenvalue weighted by atomic mass is 10.0. The van der Waals surface area contributed by atoms with E-state index in [1.165, 1.54) is 7.11 Å². The largest absolute Gasteiger partial charge is 0.465 e. The summed E-state index contributed by atoms with van der Waals surface area (Å²) in [5.41, 5.74) is 4.02. The van der Waals surface area contributed by atoms with E-state index in [1.54, 1.807) is 24.5 Å². The molecule has 0 saturated carbocycles. The van der Waals surface area contributed by atoms with Crippen LogP contribution in [0.3, 0.4) is 0 Å². The third kappa shape index (κ3) is 2.12. The van der Waals surface area contributed by atoms with Gasteiger partial charge in [-0.05, 0) is 23.8 Å². The molecule has 0 aliphatic heterocycles. The highest BCUT2D eigenvalue weighted by atomic mass is 16.5. The first kappa shape index (κ1) is 12.3. The number of esters is 1. The molecule has 0 amide bonds. The second-order valence-electron chi connectivity index (χ2n) is 4.30. The SMILES string of the molecule is COC(=O)c1cccc(-c2cccc3nccnc23)c1. The molecule has 0 aliphatic carbocycles. The molecule has 0 unspecified atom stereocenters. The number of hydrogen-bond donors (Lipinski definition) is 0. The van der Waals surface area contributed by atoms with Crippen molar-refractivity contribution < 1.29 is 9.53 Å². The summed E-state index contributed by atoms with van der Waals surface area (Å²) < 4.78 is 4.75. The van der Waals surface area contributed by atoms with E-state index in [9.17, 15) is 4.79 Å². The van der Waals surface area contributed by atoms with Gasteiger partial charge in [-0.3, -0.25) is 9.97 Å². The van der Waals surface area contributed by atoms with Gasteiger partial charge in [0.15, 0.2) is 0 Å². The van der Waals surface area contributed by atoms with Gasteiger partial charge in [-0.2, -0.15) is 0 Å². The van der Waals surface area contributed by atoms with Crippen LogP contribution in [0.1, 0.15) is 10.4 Å². The normalized spacial score (nSPS) is 10.4. The fourth-order valence-electron chi connectivity index (χ4n) is 2.16. The molecule has 4 heteroatoms. The Morgan fingerprint density at radius 3 is 2.70 bits per heavy atom. The average Bonchev–Trinajstić information content (AvgIpc) is 2.53. The molecule has 0 aliphatic rings. The molecule has 3 rings (SSSR count). The van der Waals surface area contributed by atoms with Crippen molar-refractivity contribution >= 4 is 17.0 Å². The third-order valence-corrected chi connectivity index (χ3v) is 3.09. The van der Waals surface area contributed by atoms with E-state index in [-0.39, 0.29) is 5.97 Å². The summed E-state index contributed by atoms with van der Waals surface area (Å²) in [4.78, 5) is 20.3. The van der Waals surface area contributed by atoms with Crippen molar-refractivity contribution in [1.29, 1.82) is 0 Å². The summed E-state index contributed by atoms with van der Waals surface area (Å²) >= 11 is 0. The van der Waals surface area contributed by atoms with Crippen molar-refractivity contribution in [2.24, 2.45) is 0 Å². The summed E-state index contributed by atoms with van der Waals surface area (Å²) in [7, 11) is 1.37. The second-order valence-corrected chi connectivity index (χ2v) is 4.30. The van der Waals surface area contributed by atoms with E-state index in [4.69, 9.17) is 4.74 Å². The lowest BCUT2D eigenvalue weighted by Gasteiger charge is -2.07.